The van der Waals surface area contributed by atoms with E-state index in [1.54, 1.807) is 7.05 Å². The monoisotopic (exact) mass is 435 g/mol. The van der Waals surface area contributed by atoms with Gasteiger partial charge in [-0.15, -0.1) is 0 Å². The van der Waals surface area contributed by atoms with Crippen molar-refractivity contribution >= 4 is 54.2 Å². The Morgan fingerprint density at radius 1 is 1.18 bits per heavy atom. The molecule has 0 unspecified atom stereocenters. The second-order valence-electron chi connectivity index (χ2n) is 6.58. The van der Waals surface area contributed by atoms with E-state index in [9.17, 15) is 13.2 Å². The van der Waals surface area contributed by atoms with E-state index in [4.69, 9.17) is 11.6 Å². The number of aromatic nitrogens is 1. The molecule has 0 saturated carbocycles. The third-order valence-corrected chi connectivity index (χ3v) is 8.08. The highest BCUT2D eigenvalue weighted by Crippen LogP contribution is 2.31. The molecular weight excluding hydrogens is 418 g/mol. The lowest BCUT2D eigenvalue weighted by atomic mass is 10.2. The van der Waals surface area contributed by atoms with Crippen molar-refractivity contribution in [2.45, 2.75) is 17.7 Å². The fourth-order valence-corrected chi connectivity index (χ4v) is 5.84. The van der Waals surface area contributed by atoms with Crippen LogP contribution in [0.3, 0.4) is 0 Å². The van der Waals surface area contributed by atoms with Crippen LogP contribution in [0.15, 0.2) is 47.4 Å². The molecule has 2 aromatic carbocycles. The summed E-state index contributed by atoms with van der Waals surface area (Å²) in [5.41, 5.74) is 0.947. The Hall–Kier alpha value is -2.00. The van der Waals surface area contributed by atoms with Crippen molar-refractivity contribution in [3.63, 3.8) is 0 Å². The van der Waals surface area contributed by atoms with Crippen LogP contribution in [0.25, 0.3) is 10.2 Å². The molecule has 1 aliphatic rings. The number of benzene rings is 2. The lowest BCUT2D eigenvalue weighted by Crippen LogP contribution is -2.29. The van der Waals surface area contributed by atoms with Gasteiger partial charge in [-0.2, -0.15) is 4.31 Å². The van der Waals surface area contributed by atoms with Gasteiger partial charge in [0.05, 0.1) is 25.7 Å². The van der Waals surface area contributed by atoms with Gasteiger partial charge in [-0.25, -0.2) is 13.4 Å². The Kier molecular flexibility index (Phi) is 5.13. The quantitative estimate of drug-likeness (QED) is 0.620. The number of fused-ring (bicyclic) bond motifs is 1. The molecule has 28 heavy (non-hydrogen) atoms. The van der Waals surface area contributed by atoms with Crippen molar-refractivity contribution in [2.75, 3.05) is 25.0 Å². The van der Waals surface area contributed by atoms with Crippen molar-refractivity contribution in [2.24, 2.45) is 0 Å². The van der Waals surface area contributed by atoms with E-state index in [-0.39, 0.29) is 15.5 Å². The number of amides is 1. The molecule has 0 bridgehead atoms. The minimum absolute atomic E-state index is 0.0832. The summed E-state index contributed by atoms with van der Waals surface area (Å²) in [6, 6.07) is 11.9. The molecule has 1 amide bonds. The summed E-state index contributed by atoms with van der Waals surface area (Å²) in [7, 11) is -2.02. The van der Waals surface area contributed by atoms with E-state index in [1.807, 2.05) is 24.3 Å². The molecule has 0 N–H and O–H groups in total. The number of thiazole rings is 1. The van der Waals surface area contributed by atoms with Gasteiger partial charge < -0.3 is 0 Å². The van der Waals surface area contributed by atoms with Gasteiger partial charge in [-0.05, 0) is 43.2 Å². The first-order chi connectivity index (χ1) is 13.4. The molecule has 146 valence electrons. The van der Waals surface area contributed by atoms with Gasteiger partial charge in [0.1, 0.15) is 0 Å². The van der Waals surface area contributed by atoms with Crippen molar-refractivity contribution in [1.82, 2.24) is 9.29 Å². The number of hydrogen-bond acceptors (Lipinski definition) is 5. The van der Waals surface area contributed by atoms with E-state index >= 15 is 0 Å². The summed E-state index contributed by atoms with van der Waals surface area (Å²) in [5.74, 6) is -0.400. The van der Waals surface area contributed by atoms with Crippen LogP contribution in [0.2, 0.25) is 5.02 Å². The van der Waals surface area contributed by atoms with Gasteiger partial charge in [-0.1, -0.05) is 35.1 Å². The van der Waals surface area contributed by atoms with E-state index in [0.717, 1.165) is 23.1 Å². The van der Waals surface area contributed by atoms with Crippen molar-refractivity contribution in [3.8, 4) is 0 Å². The number of halogens is 1. The van der Waals surface area contributed by atoms with E-state index in [2.05, 4.69) is 4.98 Å². The van der Waals surface area contributed by atoms with Crippen LogP contribution in [0.4, 0.5) is 5.13 Å². The summed E-state index contributed by atoms with van der Waals surface area (Å²) in [5, 5.41) is 0.730. The average Bonchev–Trinajstić information content (AvgIpc) is 3.37. The second-order valence-corrected chi connectivity index (χ2v) is 9.94. The average molecular weight is 436 g/mol. The molecule has 2 heterocycles. The van der Waals surface area contributed by atoms with Gasteiger partial charge >= 0.3 is 0 Å². The third kappa shape index (κ3) is 3.41. The minimum Gasteiger partial charge on any atom is -0.287 e. The van der Waals surface area contributed by atoms with E-state index in [0.29, 0.717) is 18.2 Å². The van der Waals surface area contributed by atoms with Crippen LogP contribution in [0.1, 0.15) is 23.2 Å². The summed E-state index contributed by atoms with van der Waals surface area (Å²) in [4.78, 5) is 19.0. The first kappa shape index (κ1) is 19.3. The van der Waals surface area contributed by atoms with Crippen LogP contribution in [0.5, 0.6) is 0 Å². The largest absolute Gasteiger partial charge is 0.287 e. The molecule has 9 heteroatoms. The highest BCUT2D eigenvalue weighted by Gasteiger charge is 2.29. The van der Waals surface area contributed by atoms with Crippen LogP contribution < -0.4 is 4.90 Å². The summed E-state index contributed by atoms with van der Waals surface area (Å²) in [6.07, 6.45) is 1.69. The number of anilines is 1. The molecule has 6 nitrogen and oxygen atoms in total. The normalized spacial score (nSPS) is 15.2. The number of hydrogen-bond donors (Lipinski definition) is 0. The molecule has 1 aliphatic heterocycles. The maximum Gasteiger partial charge on any atom is 0.261 e. The lowest BCUT2D eigenvalue weighted by molar-refractivity contribution is 0.0993. The molecule has 1 fully saturated rings. The molecule has 1 saturated heterocycles. The van der Waals surface area contributed by atoms with Gasteiger partial charge in [0.15, 0.2) is 5.13 Å². The zero-order chi connectivity index (χ0) is 19.9. The highest BCUT2D eigenvalue weighted by molar-refractivity contribution is 7.89. The summed E-state index contributed by atoms with van der Waals surface area (Å²) < 4.78 is 28.1. The Balaban J connectivity index is 1.68. The number of sulfonamides is 1. The first-order valence-corrected chi connectivity index (χ1v) is 11.4. The van der Waals surface area contributed by atoms with Crippen molar-refractivity contribution in [1.29, 1.82) is 0 Å². The van der Waals surface area contributed by atoms with Crippen LogP contribution >= 0.6 is 22.9 Å². The maximum absolute atomic E-state index is 13.0. The molecule has 0 radical (unpaired) electrons. The van der Waals surface area contributed by atoms with Crippen LogP contribution in [-0.4, -0.2) is 43.8 Å². The maximum atomic E-state index is 13.0. The molecule has 0 spiro atoms. The SMILES string of the molecule is CN(C(=O)c1cc(S(=O)(=O)N2CCCC2)ccc1Cl)c1nc2ccccc2s1. The van der Waals surface area contributed by atoms with E-state index in [1.165, 1.54) is 38.7 Å². The molecular formula is C19H18ClN3O3S2. The van der Waals surface area contributed by atoms with Crippen molar-refractivity contribution in [3.05, 3.63) is 53.1 Å². The van der Waals surface area contributed by atoms with E-state index < -0.39 is 15.9 Å². The smallest absolute Gasteiger partial charge is 0.261 e. The molecule has 1 aromatic heterocycles. The predicted molar refractivity (Wildman–Crippen MR) is 112 cm³/mol. The third-order valence-electron chi connectivity index (χ3n) is 4.75. The lowest BCUT2D eigenvalue weighted by Gasteiger charge is -2.18. The minimum atomic E-state index is -3.63. The van der Waals surface area contributed by atoms with Gasteiger partial charge in [0.2, 0.25) is 10.0 Å². The Morgan fingerprint density at radius 3 is 2.61 bits per heavy atom. The number of nitrogens with zero attached hydrogens (tertiary/aromatic N) is 3. The Labute approximate surface area is 172 Å². The van der Waals surface area contributed by atoms with Crippen LogP contribution in [0, 0.1) is 0 Å². The number of carbonyl (C=O) groups is 1. The molecule has 3 aromatic rings. The number of para-hydroxylation sites is 1. The fourth-order valence-electron chi connectivity index (χ4n) is 3.18. The van der Waals surface area contributed by atoms with Gasteiger partial charge in [0.25, 0.3) is 5.91 Å². The molecule has 4 rings (SSSR count). The predicted octanol–water partition coefficient (Wildman–Crippen LogP) is 4.01. The van der Waals surface area contributed by atoms with Gasteiger partial charge in [0, 0.05) is 20.1 Å². The number of rotatable bonds is 4. The fraction of sp³-hybridized carbons (Fsp3) is 0.263. The van der Waals surface area contributed by atoms with Gasteiger partial charge in [-0.3, -0.25) is 9.69 Å². The standard InChI is InChI=1S/C19H18ClN3O3S2/c1-22(19-21-16-6-2-3-7-17(16)27-19)18(24)14-12-13(8-9-15(14)20)28(25,26)23-10-4-5-11-23/h2-3,6-9,12H,4-5,10-11H2,1H3. The second kappa shape index (κ2) is 7.44. The highest BCUT2D eigenvalue weighted by atomic mass is 35.5. The molecule has 0 aliphatic carbocycles. The first-order valence-electron chi connectivity index (χ1n) is 8.81. The molecule has 0 atom stereocenters. The number of carbonyl (C=O) groups excluding carboxylic acids is 1. The summed E-state index contributed by atoms with van der Waals surface area (Å²) >= 11 is 7.63. The summed E-state index contributed by atoms with van der Waals surface area (Å²) in [6.45, 7) is 1.000. The Bertz CT molecular complexity index is 1120. The topological polar surface area (TPSA) is 70.6 Å². The zero-order valence-corrected chi connectivity index (χ0v) is 17.5. The Morgan fingerprint density at radius 2 is 1.89 bits per heavy atom. The van der Waals surface area contributed by atoms with Crippen LogP contribution in [-0.2, 0) is 10.0 Å². The van der Waals surface area contributed by atoms with Crippen molar-refractivity contribution < 1.29 is 13.2 Å². The zero-order valence-electron chi connectivity index (χ0n) is 15.1.